The van der Waals surface area contributed by atoms with Crippen molar-refractivity contribution >= 4 is 49.0 Å². The Labute approximate surface area is 147 Å². The van der Waals surface area contributed by atoms with Crippen LogP contribution in [0.1, 0.15) is 10.6 Å². The van der Waals surface area contributed by atoms with Crippen LogP contribution in [0.5, 0.6) is 0 Å². The number of hydrogen-bond donors (Lipinski definition) is 2. The lowest BCUT2D eigenvalue weighted by Crippen LogP contribution is -2.34. The van der Waals surface area contributed by atoms with E-state index in [1.807, 2.05) is 36.4 Å². The third-order valence-electron chi connectivity index (χ3n) is 3.74. The molecular weight excluding hydrogens is 338 g/mol. The summed E-state index contributed by atoms with van der Waals surface area (Å²) in [5.41, 5.74) is 2.12. The van der Waals surface area contributed by atoms with E-state index in [9.17, 15) is 4.79 Å². The Hall–Kier alpha value is -2.44. The minimum atomic E-state index is -0.176. The SMILES string of the molecule is O=C(NCc1nc2ccccc2s1)NCc1csc2ccccc12. The maximum atomic E-state index is 12.0. The minimum absolute atomic E-state index is 0.176. The van der Waals surface area contributed by atoms with E-state index >= 15 is 0 Å². The van der Waals surface area contributed by atoms with Crippen LogP contribution in [0.4, 0.5) is 4.79 Å². The normalized spacial score (nSPS) is 11.0. The van der Waals surface area contributed by atoms with Gasteiger partial charge in [0.2, 0.25) is 0 Å². The molecule has 0 radical (unpaired) electrons. The average Bonchev–Trinajstić information content (AvgIpc) is 3.21. The van der Waals surface area contributed by atoms with Crippen LogP contribution in [-0.4, -0.2) is 11.0 Å². The van der Waals surface area contributed by atoms with Gasteiger partial charge in [-0.1, -0.05) is 30.3 Å². The highest BCUT2D eigenvalue weighted by atomic mass is 32.1. The van der Waals surface area contributed by atoms with Crippen molar-refractivity contribution in [2.24, 2.45) is 0 Å². The third-order valence-corrected chi connectivity index (χ3v) is 5.79. The summed E-state index contributed by atoms with van der Waals surface area (Å²) in [6, 6.07) is 16.0. The summed E-state index contributed by atoms with van der Waals surface area (Å²) < 4.78 is 2.38. The number of hydrogen-bond acceptors (Lipinski definition) is 4. The molecule has 2 heterocycles. The zero-order valence-corrected chi connectivity index (χ0v) is 14.4. The lowest BCUT2D eigenvalue weighted by atomic mass is 10.2. The van der Waals surface area contributed by atoms with Crippen LogP contribution in [-0.2, 0) is 13.1 Å². The van der Waals surface area contributed by atoms with Crippen molar-refractivity contribution in [1.29, 1.82) is 0 Å². The zero-order chi connectivity index (χ0) is 16.4. The number of aromatic nitrogens is 1. The van der Waals surface area contributed by atoms with Crippen LogP contribution in [0.3, 0.4) is 0 Å². The fraction of sp³-hybridized carbons (Fsp3) is 0.111. The molecule has 0 unspecified atom stereocenters. The van der Waals surface area contributed by atoms with Gasteiger partial charge in [0, 0.05) is 11.2 Å². The first-order valence-corrected chi connectivity index (χ1v) is 9.30. The summed E-state index contributed by atoms with van der Waals surface area (Å²) in [6.45, 7) is 0.964. The van der Waals surface area contributed by atoms with Crippen molar-refractivity contribution in [3.05, 3.63) is 64.5 Å². The number of carbonyl (C=O) groups excluding carboxylic acids is 1. The Kier molecular flexibility index (Phi) is 4.15. The first-order chi connectivity index (χ1) is 11.8. The summed E-state index contributed by atoms with van der Waals surface area (Å²) in [5, 5.41) is 9.99. The zero-order valence-electron chi connectivity index (χ0n) is 12.8. The highest BCUT2D eigenvalue weighted by Gasteiger charge is 2.07. The van der Waals surface area contributed by atoms with Crippen LogP contribution in [0.15, 0.2) is 53.9 Å². The number of urea groups is 1. The molecule has 120 valence electrons. The molecule has 4 rings (SSSR count). The van der Waals surface area contributed by atoms with Crippen molar-refractivity contribution in [1.82, 2.24) is 15.6 Å². The second-order valence-electron chi connectivity index (χ2n) is 5.37. The number of para-hydroxylation sites is 1. The van der Waals surface area contributed by atoms with Gasteiger partial charge in [-0.05, 0) is 34.5 Å². The number of carbonyl (C=O) groups is 1. The molecule has 0 spiro atoms. The molecule has 4 aromatic rings. The lowest BCUT2D eigenvalue weighted by Gasteiger charge is -2.05. The van der Waals surface area contributed by atoms with E-state index in [0.717, 1.165) is 20.8 Å². The van der Waals surface area contributed by atoms with E-state index in [4.69, 9.17) is 0 Å². The molecular formula is C18H15N3OS2. The van der Waals surface area contributed by atoms with E-state index < -0.39 is 0 Å². The van der Waals surface area contributed by atoms with Crippen molar-refractivity contribution < 1.29 is 4.79 Å². The second-order valence-corrected chi connectivity index (χ2v) is 7.40. The molecule has 0 atom stereocenters. The van der Waals surface area contributed by atoms with Crippen LogP contribution < -0.4 is 10.6 Å². The highest BCUT2D eigenvalue weighted by molar-refractivity contribution is 7.18. The molecule has 0 saturated carbocycles. The van der Waals surface area contributed by atoms with Crippen molar-refractivity contribution in [3.63, 3.8) is 0 Å². The Balaban J connectivity index is 1.35. The molecule has 0 bridgehead atoms. The molecule has 2 aromatic heterocycles. The number of nitrogens with one attached hydrogen (secondary N) is 2. The van der Waals surface area contributed by atoms with E-state index in [2.05, 4.69) is 33.1 Å². The number of benzene rings is 2. The molecule has 4 nitrogen and oxygen atoms in total. The second kappa shape index (κ2) is 6.59. The van der Waals surface area contributed by atoms with Gasteiger partial charge in [-0.25, -0.2) is 9.78 Å². The monoisotopic (exact) mass is 353 g/mol. The molecule has 6 heteroatoms. The Bertz CT molecular complexity index is 973. The van der Waals surface area contributed by atoms with E-state index in [-0.39, 0.29) is 6.03 Å². The lowest BCUT2D eigenvalue weighted by molar-refractivity contribution is 0.240. The predicted molar refractivity (Wildman–Crippen MR) is 101 cm³/mol. The third kappa shape index (κ3) is 3.11. The highest BCUT2D eigenvalue weighted by Crippen LogP contribution is 2.25. The summed E-state index contributed by atoms with van der Waals surface area (Å²) in [6.07, 6.45) is 0. The van der Waals surface area contributed by atoms with Gasteiger partial charge in [0.05, 0.1) is 16.8 Å². The minimum Gasteiger partial charge on any atom is -0.334 e. The quantitative estimate of drug-likeness (QED) is 0.567. The molecule has 2 aromatic carbocycles. The van der Waals surface area contributed by atoms with Gasteiger partial charge in [0.1, 0.15) is 5.01 Å². The fourth-order valence-electron chi connectivity index (χ4n) is 2.56. The summed E-state index contributed by atoms with van der Waals surface area (Å²) in [5.74, 6) is 0. The number of amides is 2. The number of nitrogens with zero attached hydrogens (tertiary/aromatic N) is 1. The Morgan fingerprint density at radius 3 is 2.58 bits per heavy atom. The van der Waals surface area contributed by atoms with Gasteiger partial charge < -0.3 is 10.6 Å². The Morgan fingerprint density at radius 2 is 1.71 bits per heavy atom. The maximum absolute atomic E-state index is 12.0. The van der Waals surface area contributed by atoms with Gasteiger partial charge in [-0.15, -0.1) is 22.7 Å². The van der Waals surface area contributed by atoms with Crippen molar-refractivity contribution in [2.75, 3.05) is 0 Å². The topological polar surface area (TPSA) is 54.0 Å². The van der Waals surface area contributed by atoms with Crippen LogP contribution in [0, 0.1) is 0 Å². The van der Waals surface area contributed by atoms with E-state index in [1.54, 1.807) is 22.7 Å². The summed E-state index contributed by atoms with van der Waals surface area (Å²) in [4.78, 5) is 16.5. The molecule has 0 saturated heterocycles. The molecule has 0 aliphatic carbocycles. The fourth-order valence-corrected chi connectivity index (χ4v) is 4.43. The first kappa shape index (κ1) is 15.1. The van der Waals surface area contributed by atoms with Gasteiger partial charge in [-0.2, -0.15) is 0 Å². The van der Waals surface area contributed by atoms with E-state index in [1.165, 1.54) is 10.1 Å². The molecule has 2 amide bonds. The summed E-state index contributed by atoms with van der Waals surface area (Å²) in [7, 11) is 0. The number of thiophene rings is 1. The molecule has 24 heavy (non-hydrogen) atoms. The van der Waals surface area contributed by atoms with Crippen LogP contribution in [0.2, 0.25) is 0 Å². The first-order valence-electron chi connectivity index (χ1n) is 7.61. The van der Waals surface area contributed by atoms with Crippen LogP contribution in [0.25, 0.3) is 20.3 Å². The Morgan fingerprint density at radius 1 is 0.958 bits per heavy atom. The van der Waals surface area contributed by atoms with Crippen molar-refractivity contribution in [2.45, 2.75) is 13.1 Å². The van der Waals surface area contributed by atoms with Crippen molar-refractivity contribution in [3.8, 4) is 0 Å². The predicted octanol–water partition coefficient (Wildman–Crippen LogP) is 4.51. The molecule has 0 aliphatic rings. The largest absolute Gasteiger partial charge is 0.334 e. The van der Waals surface area contributed by atoms with E-state index in [0.29, 0.717) is 13.1 Å². The molecule has 0 fully saturated rings. The van der Waals surface area contributed by atoms with Gasteiger partial charge in [0.15, 0.2) is 0 Å². The number of thiazole rings is 1. The molecule has 0 aliphatic heterocycles. The van der Waals surface area contributed by atoms with Gasteiger partial charge in [0.25, 0.3) is 0 Å². The van der Waals surface area contributed by atoms with Gasteiger partial charge >= 0.3 is 6.03 Å². The smallest absolute Gasteiger partial charge is 0.315 e. The standard InChI is InChI=1S/C18H15N3OS2/c22-18(19-9-12-11-23-15-7-3-1-5-13(12)15)20-10-17-21-14-6-2-4-8-16(14)24-17/h1-8,11H,9-10H2,(H2,19,20,22). The van der Waals surface area contributed by atoms with Gasteiger partial charge in [-0.3, -0.25) is 0 Å². The number of rotatable bonds is 4. The maximum Gasteiger partial charge on any atom is 0.315 e. The summed E-state index contributed by atoms with van der Waals surface area (Å²) >= 11 is 3.30. The average molecular weight is 353 g/mol. The van der Waals surface area contributed by atoms with Crippen LogP contribution >= 0.6 is 22.7 Å². The number of fused-ring (bicyclic) bond motifs is 2. The molecule has 2 N–H and O–H groups in total.